The Bertz CT molecular complexity index is 761. The average molecular weight is 341 g/mol. The van der Waals surface area contributed by atoms with Crippen molar-refractivity contribution in [3.05, 3.63) is 60.2 Å². The molecular formula is C19H19NO5. The highest BCUT2D eigenvalue weighted by Crippen LogP contribution is 2.27. The number of amides is 1. The van der Waals surface area contributed by atoms with Crippen LogP contribution in [0.1, 0.15) is 16.8 Å². The SMILES string of the molecule is COc1ccccc1C(=O)N1C[C@H](Oc2ccccc2)C[C@H]1C(=O)O. The molecule has 0 unspecified atom stereocenters. The number of ether oxygens (including phenoxy) is 2. The lowest BCUT2D eigenvalue weighted by atomic mass is 10.1. The molecule has 0 spiro atoms. The van der Waals surface area contributed by atoms with Gasteiger partial charge in [-0.1, -0.05) is 30.3 Å². The Labute approximate surface area is 145 Å². The summed E-state index contributed by atoms with van der Waals surface area (Å²) in [7, 11) is 1.48. The predicted octanol–water partition coefficient (Wildman–Crippen LogP) is 2.44. The highest BCUT2D eigenvalue weighted by molar-refractivity contribution is 5.99. The highest BCUT2D eigenvalue weighted by atomic mass is 16.5. The number of methoxy groups -OCH3 is 1. The van der Waals surface area contributed by atoms with Gasteiger partial charge in [0.2, 0.25) is 0 Å². The van der Waals surface area contributed by atoms with Crippen LogP contribution in [0.3, 0.4) is 0 Å². The van der Waals surface area contributed by atoms with Crippen molar-refractivity contribution >= 4 is 11.9 Å². The van der Waals surface area contributed by atoms with E-state index in [1.54, 1.807) is 36.4 Å². The predicted molar refractivity (Wildman–Crippen MR) is 90.9 cm³/mol. The van der Waals surface area contributed by atoms with Gasteiger partial charge in [0.05, 0.1) is 19.2 Å². The maximum atomic E-state index is 12.9. The molecule has 130 valence electrons. The monoisotopic (exact) mass is 341 g/mol. The van der Waals surface area contributed by atoms with Crippen LogP contribution in [0.15, 0.2) is 54.6 Å². The first-order chi connectivity index (χ1) is 12.1. The molecule has 0 saturated carbocycles. The molecule has 2 aromatic carbocycles. The number of nitrogens with zero attached hydrogens (tertiary/aromatic N) is 1. The van der Waals surface area contributed by atoms with Gasteiger partial charge < -0.3 is 19.5 Å². The summed E-state index contributed by atoms with van der Waals surface area (Å²) in [5.41, 5.74) is 0.344. The first kappa shape index (κ1) is 16.8. The van der Waals surface area contributed by atoms with Crippen LogP contribution in [0.5, 0.6) is 11.5 Å². The molecule has 0 bridgehead atoms. The van der Waals surface area contributed by atoms with E-state index in [0.29, 0.717) is 17.1 Å². The maximum Gasteiger partial charge on any atom is 0.326 e. The van der Waals surface area contributed by atoms with Crippen LogP contribution >= 0.6 is 0 Å². The van der Waals surface area contributed by atoms with Gasteiger partial charge in [-0.3, -0.25) is 4.79 Å². The van der Waals surface area contributed by atoms with E-state index in [4.69, 9.17) is 9.47 Å². The van der Waals surface area contributed by atoms with Gasteiger partial charge in [0.15, 0.2) is 0 Å². The molecule has 0 aliphatic carbocycles. The van der Waals surface area contributed by atoms with E-state index in [2.05, 4.69) is 0 Å². The van der Waals surface area contributed by atoms with Crippen molar-refractivity contribution in [3.63, 3.8) is 0 Å². The largest absolute Gasteiger partial charge is 0.496 e. The van der Waals surface area contributed by atoms with Crippen molar-refractivity contribution in [2.45, 2.75) is 18.6 Å². The van der Waals surface area contributed by atoms with E-state index in [9.17, 15) is 14.7 Å². The molecule has 25 heavy (non-hydrogen) atoms. The van der Waals surface area contributed by atoms with Crippen LogP contribution < -0.4 is 9.47 Å². The number of benzene rings is 2. The molecule has 6 heteroatoms. The third-order valence-electron chi connectivity index (χ3n) is 4.19. The van der Waals surface area contributed by atoms with Crippen molar-refractivity contribution in [3.8, 4) is 11.5 Å². The number of carbonyl (C=O) groups excluding carboxylic acids is 1. The van der Waals surface area contributed by atoms with Crippen molar-refractivity contribution in [1.29, 1.82) is 0 Å². The number of para-hydroxylation sites is 2. The van der Waals surface area contributed by atoms with E-state index in [1.165, 1.54) is 12.0 Å². The van der Waals surface area contributed by atoms with Crippen molar-refractivity contribution < 1.29 is 24.2 Å². The van der Waals surface area contributed by atoms with E-state index in [-0.39, 0.29) is 25.0 Å². The molecule has 0 aromatic heterocycles. The number of aliphatic carboxylic acids is 1. The third kappa shape index (κ3) is 3.57. The number of carboxylic acids is 1. The van der Waals surface area contributed by atoms with Gasteiger partial charge in [0.1, 0.15) is 23.6 Å². The Morgan fingerprint density at radius 3 is 2.44 bits per heavy atom. The minimum atomic E-state index is -1.04. The molecule has 1 N–H and O–H groups in total. The fourth-order valence-electron chi connectivity index (χ4n) is 3.01. The summed E-state index contributed by atoms with van der Waals surface area (Å²) in [5.74, 6) is -0.335. The van der Waals surface area contributed by atoms with Gasteiger partial charge in [-0.25, -0.2) is 4.79 Å². The lowest BCUT2D eigenvalue weighted by Crippen LogP contribution is -2.40. The van der Waals surface area contributed by atoms with Crippen molar-refractivity contribution in [1.82, 2.24) is 4.90 Å². The minimum absolute atomic E-state index is 0.211. The van der Waals surface area contributed by atoms with Crippen LogP contribution in [0, 0.1) is 0 Å². The summed E-state index contributed by atoms with van der Waals surface area (Å²) < 4.78 is 11.1. The average Bonchev–Trinajstić information content (AvgIpc) is 3.06. The Morgan fingerprint density at radius 2 is 1.76 bits per heavy atom. The number of carboxylic acid groups (broad SMARTS) is 1. The summed E-state index contributed by atoms with van der Waals surface area (Å²) in [6, 6.07) is 15.0. The lowest BCUT2D eigenvalue weighted by molar-refractivity contribution is -0.141. The third-order valence-corrected chi connectivity index (χ3v) is 4.19. The van der Waals surface area contributed by atoms with Crippen LogP contribution in [-0.4, -0.2) is 47.7 Å². The van der Waals surface area contributed by atoms with E-state index >= 15 is 0 Å². The van der Waals surface area contributed by atoms with Crippen molar-refractivity contribution in [2.24, 2.45) is 0 Å². The Morgan fingerprint density at radius 1 is 1.08 bits per heavy atom. The fourth-order valence-corrected chi connectivity index (χ4v) is 3.01. The van der Waals surface area contributed by atoms with E-state index < -0.39 is 12.0 Å². The zero-order valence-corrected chi connectivity index (χ0v) is 13.8. The topological polar surface area (TPSA) is 76.1 Å². The zero-order chi connectivity index (χ0) is 17.8. The van der Waals surface area contributed by atoms with Crippen LogP contribution in [0.4, 0.5) is 0 Å². The van der Waals surface area contributed by atoms with E-state index in [0.717, 1.165) is 0 Å². The van der Waals surface area contributed by atoms with E-state index in [1.807, 2.05) is 18.2 Å². The van der Waals surface area contributed by atoms with Crippen LogP contribution in [-0.2, 0) is 4.79 Å². The Kier molecular flexibility index (Phi) is 4.88. The zero-order valence-electron chi connectivity index (χ0n) is 13.8. The number of rotatable bonds is 5. The van der Waals surface area contributed by atoms with Crippen molar-refractivity contribution in [2.75, 3.05) is 13.7 Å². The summed E-state index contributed by atoms with van der Waals surface area (Å²) in [6.45, 7) is 0.211. The molecule has 0 radical (unpaired) electrons. The molecule has 1 aliphatic heterocycles. The second kappa shape index (κ2) is 7.25. The second-order valence-corrected chi connectivity index (χ2v) is 5.80. The van der Waals surface area contributed by atoms with Gasteiger partial charge in [-0.2, -0.15) is 0 Å². The first-order valence-corrected chi connectivity index (χ1v) is 7.98. The molecular weight excluding hydrogens is 322 g/mol. The number of carbonyl (C=O) groups is 2. The molecule has 1 amide bonds. The quantitative estimate of drug-likeness (QED) is 0.904. The number of hydrogen-bond acceptors (Lipinski definition) is 4. The molecule has 1 heterocycles. The van der Waals surface area contributed by atoms with Gasteiger partial charge >= 0.3 is 5.97 Å². The molecule has 2 atom stereocenters. The molecule has 2 aromatic rings. The van der Waals surface area contributed by atoms with Gasteiger partial charge in [0, 0.05) is 6.42 Å². The molecule has 1 fully saturated rings. The normalized spacial score (nSPS) is 19.5. The number of likely N-dealkylation sites (tertiary alicyclic amines) is 1. The highest BCUT2D eigenvalue weighted by Gasteiger charge is 2.41. The Hall–Kier alpha value is -3.02. The molecule has 1 aliphatic rings. The van der Waals surface area contributed by atoms with Crippen LogP contribution in [0.2, 0.25) is 0 Å². The molecule has 6 nitrogen and oxygen atoms in total. The summed E-state index contributed by atoms with van der Waals surface area (Å²) in [6.07, 6.45) is -0.132. The summed E-state index contributed by atoms with van der Waals surface area (Å²) in [4.78, 5) is 25.8. The smallest absolute Gasteiger partial charge is 0.326 e. The lowest BCUT2D eigenvalue weighted by Gasteiger charge is -2.22. The summed E-state index contributed by atoms with van der Waals surface area (Å²) >= 11 is 0. The maximum absolute atomic E-state index is 12.9. The first-order valence-electron chi connectivity index (χ1n) is 7.98. The van der Waals surface area contributed by atoms with Gasteiger partial charge in [0.25, 0.3) is 5.91 Å². The number of hydrogen-bond donors (Lipinski definition) is 1. The molecule has 3 rings (SSSR count). The second-order valence-electron chi connectivity index (χ2n) is 5.80. The summed E-state index contributed by atoms with van der Waals surface area (Å²) in [5, 5.41) is 9.51. The fraction of sp³-hybridized carbons (Fsp3) is 0.263. The van der Waals surface area contributed by atoms with Crippen LogP contribution in [0.25, 0.3) is 0 Å². The Balaban J connectivity index is 1.81. The van der Waals surface area contributed by atoms with Gasteiger partial charge in [-0.15, -0.1) is 0 Å². The standard InChI is InChI=1S/C19H19NO5/c1-24-17-10-6-5-9-15(17)18(21)20-12-14(11-16(20)19(22)23)25-13-7-3-2-4-8-13/h2-10,14,16H,11-12H2,1H3,(H,22,23)/t14-,16+/m1/s1. The van der Waals surface area contributed by atoms with Gasteiger partial charge in [-0.05, 0) is 24.3 Å². The minimum Gasteiger partial charge on any atom is -0.496 e. The molecule has 1 saturated heterocycles.